The molecule has 0 bridgehead atoms. The standard InChI is InChI=1S/C16H28N2O3/c1-15(2,13(19)20)16(3,4)17-14(21)18-10-6-8-11-7-5-9-12(11)18/h11-12H,5-10H2,1-4H3,(H,17,21)(H,19,20). The van der Waals surface area contributed by atoms with Crippen LogP contribution in [0.15, 0.2) is 0 Å². The first kappa shape index (κ1) is 16.1. The number of piperidine rings is 1. The second kappa shape index (κ2) is 5.50. The lowest BCUT2D eigenvalue weighted by molar-refractivity contribution is -0.150. The fraction of sp³-hybridized carbons (Fsp3) is 0.875. The molecule has 120 valence electrons. The molecule has 2 N–H and O–H groups in total. The van der Waals surface area contributed by atoms with E-state index < -0.39 is 16.9 Å². The lowest BCUT2D eigenvalue weighted by atomic mass is 9.74. The smallest absolute Gasteiger partial charge is 0.318 e. The number of likely N-dealkylation sites (tertiary alicyclic amines) is 1. The molecule has 0 aromatic heterocycles. The number of nitrogens with one attached hydrogen (secondary N) is 1. The Hall–Kier alpha value is -1.26. The third kappa shape index (κ3) is 2.87. The maximum Gasteiger partial charge on any atom is 0.318 e. The van der Waals surface area contributed by atoms with Crippen molar-refractivity contribution in [3.8, 4) is 0 Å². The Labute approximate surface area is 127 Å². The van der Waals surface area contributed by atoms with Gasteiger partial charge in [-0.3, -0.25) is 4.79 Å². The van der Waals surface area contributed by atoms with E-state index in [9.17, 15) is 14.7 Å². The van der Waals surface area contributed by atoms with Gasteiger partial charge in [0.2, 0.25) is 0 Å². The minimum absolute atomic E-state index is 0.106. The summed E-state index contributed by atoms with van der Waals surface area (Å²) in [4.78, 5) is 26.0. The molecule has 1 saturated heterocycles. The van der Waals surface area contributed by atoms with E-state index in [-0.39, 0.29) is 6.03 Å². The van der Waals surface area contributed by atoms with Crippen LogP contribution in [0.5, 0.6) is 0 Å². The number of hydrogen-bond donors (Lipinski definition) is 2. The first-order valence-electron chi connectivity index (χ1n) is 7.99. The van der Waals surface area contributed by atoms with Crippen molar-refractivity contribution in [2.24, 2.45) is 11.3 Å². The SMILES string of the molecule is CC(C)(NC(=O)N1CCCC2CCCC21)C(C)(C)C(=O)O. The predicted molar refractivity (Wildman–Crippen MR) is 81.1 cm³/mol. The van der Waals surface area contributed by atoms with Gasteiger partial charge >= 0.3 is 12.0 Å². The van der Waals surface area contributed by atoms with Crippen LogP contribution in [0.3, 0.4) is 0 Å². The molecule has 2 aliphatic rings. The molecule has 2 amide bonds. The average Bonchev–Trinajstić information content (AvgIpc) is 2.85. The Bertz CT molecular complexity index is 431. The summed E-state index contributed by atoms with van der Waals surface area (Å²) in [6, 6.07) is 0.244. The predicted octanol–water partition coefficient (Wildman–Crippen LogP) is 2.85. The topological polar surface area (TPSA) is 69.6 Å². The molecule has 2 fully saturated rings. The van der Waals surface area contributed by atoms with Gasteiger partial charge in [-0.25, -0.2) is 4.79 Å². The van der Waals surface area contributed by atoms with Gasteiger partial charge in [0.25, 0.3) is 0 Å². The number of amides is 2. The van der Waals surface area contributed by atoms with Gasteiger partial charge in [-0.05, 0) is 59.3 Å². The quantitative estimate of drug-likeness (QED) is 0.841. The second-order valence-corrected chi connectivity index (χ2v) is 7.58. The van der Waals surface area contributed by atoms with E-state index in [2.05, 4.69) is 5.32 Å². The Morgan fingerprint density at radius 2 is 1.71 bits per heavy atom. The zero-order valence-corrected chi connectivity index (χ0v) is 13.6. The number of hydrogen-bond acceptors (Lipinski definition) is 2. The summed E-state index contributed by atoms with van der Waals surface area (Å²) in [5, 5.41) is 12.4. The highest BCUT2D eigenvalue weighted by Gasteiger charge is 2.46. The van der Waals surface area contributed by atoms with E-state index >= 15 is 0 Å². The molecule has 2 unspecified atom stereocenters. The molecule has 1 heterocycles. The number of carbonyl (C=O) groups excluding carboxylic acids is 1. The van der Waals surface area contributed by atoms with Crippen molar-refractivity contribution in [2.75, 3.05) is 6.54 Å². The largest absolute Gasteiger partial charge is 0.481 e. The lowest BCUT2D eigenvalue weighted by Crippen LogP contribution is -2.61. The molecular weight excluding hydrogens is 268 g/mol. The second-order valence-electron chi connectivity index (χ2n) is 7.58. The number of aliphatic carboxylic acids is 1. The Morgan fingerprint density at radius 3 is 2.33 bits per heavy atom. The van der Waals surface area contributed by atoms with Crippen LogP contribution in [0.25, 0.3) is 0 Å². The highest BCUT2D eigenvalue weighted by Crippen LogP contribution is 2.37. The van der Waals surface area contributed by atoms with Gasteiger partial charge in [-0.15, -0.1) is 0 Å². The maximum atomic E-state index is 12.6. The third-order valence-corrected chi connectivity index (χ3v) is 5.77. The summed E-state index contributed by atoms with van der Waals surface area (Å²) in [6.07, 6.45) is 5.78. The minimum atomic E-state index is -1.02. The Balaban J connectivity index is 2.08. The van der Waals surface area contributed by atoms with E-state index in [0.29, 0.717) is 12.0 Å². The van der Waals surface area contributed by atoms with Crippen molar-refractivity contribution >= 4 is 12.0 Å². The minimum Gasteiger partial charge on any atom is -0.481 e. The van der Waals surface area contributed by atoms with Crippen molar-refractivity contribution < 1.29 is 14.7 Å². The first-order valence-corrected chi connectivity index (χ1v) is 7.99. The maximum absolute atomic E-state index is 12.6. The fourth-order valence-corrected chi connectivity index (χ4v) is 3.47. The van der Waals surface area contributed by atoms with E-state index in [0.717, 1.165) is 19.4 Å². The molecule has 0 aromatic carbocycles. The molecular formula is C16H28N2O3. The van der Waals surface area contributed by atoms with Crippen LogP contribution in [0, 0.1) is 11.3 Å². The summed E-state index contributed by atoms with van der Waals surface area (Å²) in [5.41, 5.74) is -1.82. The molecule has 1 aliphatic heterocycles. The lowest BCUT2D eigenvalue weighted by Gasteiger charge is -2.43. The number of urea groups is 1. The molecule has 1 saturated carbocycles. The first-order chi connectivity index (χ1) is 9.67. The summed E-state index contributed by atoms with van der Waals surface area (Å²) in [6.45, 7) is 7.68. The number of carbonyl (C=O) groups is 2. The van der Waals surface area contributed by atoms with Crippen LogP contribution >= 0.6 is 0 Å². The molecule has 1 aliphatic carbocycles. The van der Waals surface area contributed by atoms with Crippen molar-refractivity contribution in [1.29, 1.82) is 0 Å². The number of rotatable bonds is 3. The zero-order chi connectivity index (χ0) is 15.8. The van der Waals surface area contributed by atoms with Gasteiger partial charge in [0.05, 0.1) is 11.0 Å². The van der Waals surface area contributed by atoms with Gasteiger partial charge < -0.3 is 15.3 Å². The Kier molecular flexibility index (Phi) is 4.22. The number of carboxylic acids is 1. The van der Waals surface area contributed by atoms with Gasteiger partial charge in [-0.1, -0.05) is 6.42 Å². The number of nitrogens with zero attached hydrogens (tertiary/aromatic N) is 1. The molecule has 5 nitrogen and oxygen atoms in total. The molecule has 2 atom stereocenters. The van der Waals surface area contributed by atoms with Crippen LogP contribution in [-0.4, -0.2) is 40.1 Å². The molecule has 21 heavy (non-hydrogen) atoms. The van der Waals surface area contributed by atoms with E-state index in [1.807, 2.05) is 4.90 Å². The highest BCUT2D eigenvalue weighted by molar-refractivity contribution is 5.80. The number of fused-ring (bicyclic) bond motifs is 1. The normalized spacial score (nSPS) is 26.4. The average molecular weight is 296 g/mol. The number of carboxylic acid groups (broad SMARTS) is 1. The molecule has 0 spiro atoms. The summed E-state index contributed by atoms with van der Waals surface area (Å²) in [7, 11) is 0. The van der Waals surface area contributed by atoms with Crippen molar-refractivity contribution in [1.82, 2.24) is 10.2 Å². The van der Waals surface area contributed by atoms with Crippen LogP contribution in [-0.2, 0) is 4.79 Å². The van der Waals surface area contributed by atoms with Crippen molar-refractivity contribution in [3.05, 3.63) is 0 Å². The van der Waals surface area contributed by atoms with Gasteiger partial charge in [-0.2, -0.15) is 0 Å². The van der Waals surface area contributed by atoms with Gasteiger partial charge in [0.1, 0.15) is 0 Å². The van der Waals surface area contributed by atoms with Crippen LogP contribution in [0.4, 0.5) is 4.79 Å². The monoisotopic (exact) mass is 296 g/mol. The molecule has 0 aromatic rings. The van der Waals surface area contributed by atoms with E-state index in [4.69, 9.17) is 0 Å². The summed E-state index contributed by atoms with van der Waals surface area (Å²) < 4.78 is 0. The Morgan fingerprint density at radius 1 is 1.10 bits per heavy atom. The highest BCUT2D eigenvalue weighted by atomic mass is 16.4. The molecule has 2 rings (SSSR count). The van der Waals surface area contributed by atoms with Crippen molar-refractivity contribution in [3.63, 3.8) is 0 Å². The van der Waals surface area contributed by atoms with Crippen LogP contribution < -0.4 is 5.32 Å². The summed E-state index contributed by atoms with van der Waals surface area (Å²) >= 11 is 0. The van der Waals surface area contributed by atoms with Gasteiger partial charge in [0.15, 0.2) is 0 Å². The molecule has 0 radical (unpaired) electrons. The third-order valence-electron chi connectivity index (χ3n) is 5.77. The molecule has 5 heteroatoms. The van der Waals surface area contributed by atoms with E-state index in [1.54, 1.807) is 27.7 Å². The summed E-state index contributed by atoms with van der Waals surface area (Å²) in [5.74, 6) is -0.259. The van der Waals surface area contributed by atoms with Crippen molar-refractivity contribution in [2.45, 2.75) is 71.4 Å². The van der Waals surface area contributed by atoms with Crippen LogP contribution in [0.2, 0.25) is 0 Å². The fourth-order valence-electron chi connectivity index (χ4n) is 3.47. The van der Waals surface area contributed by atoms with E-state index in [1.165, 1.54) is 19.3 Å². The van der Waals surface area contributed by atoms with Crippen LogP contribution in [0.1, 0.15) is 59.8 Å². The van der Waals surface area contributed by atoms with Gasteiger partial charge in [0, 0.05) is 12.6 Å². The zero-order valence-electron chi connectivity index (χ0n) is 13.6.